The summed E-state index contributed by atoms with van der Waals surface area (Å²) in [6.45, 7) is 7.88. The van der Waals surface area contributed by atoms with E-state index in [4.69, 9.17) is 9.68 Å². The predicted octanol–water partition coefficient (Wildman–Crippen LogP) is 1.80. The zero-order chi connectivity index (χ0) is 9.23. The highest BCUT2D eigenvalue weighted by atomic mass is 16.7. The van der Waals surface area contributed by atoms with Crippen molar-refractivity contribution in [3.8, 4) is 0 Å². The molecule has 0 bridgehead atoms. The van der Waals surface area contributed by atoms with Crippen LogP contribution in [0.15, 0.2) is 17.1 Å². The van der Waals surface area contributed by atoms with Gasteiger partial charge in [0.1, 0.15) is 0 Å². The molecule has 0 aliphatic rings. The van der Waals surface area contributed by atoms with Crippen LogP contribution >= 0.6 is 0 Å². The normalized spacial score (nSPS) is 11.0. The van der Waals surface area contributed by atoms with Crippen LogP contribution in [0, 0.1) is 0 Å². The summed E-state index contributed by atoms with van der Waals surface area (Å²) >= 11 is 0. The summed E-state index contributed by atoms with van der Waals surface area (Å²) in [5.74, 6) is 0.695. The molecule has 4 heteroatoms. The van der Waals surface area contributed by atoms with Crippen molar-refractivity contribution in [1.82, 2.24) is 5.48 Å². The van der Waals surface area contributed by atoms with Crippen molar-refractivity contribution in [3.05, 3.63) is 12.0 Å². The lowest BCUT2D eigenvalue weighted by Crippen LogP contribution is -2.08. The van der Waals surface area contributed by atoms with Crippen molar-refractivity contribution >= 4 is 6.72 Å². The van der Waals surface area contributed by atoms with Gasteiger partial charge in [0.25, 0.3) is 0 Å². The molecule has 0 aliphatic heterocycles. The Morgan fingerprint density at radius 3 is 2.83 bits per heavy atom. The van der Waals surface area contributed by atoms with Gasteiger partial charge in [-0.3, -0.25) is 10.3 Å². The van der Waals surface area contributed by atoms with E-state index < -0.39 is 0 Å². The van der Waals surface area contributed by atoms with E-state index in [-0.39, 0.29) is 0 Å². The molecule has 0 rings (SSSR count). The zero-order valence-corrected chi connectivity index (χ0v) is 7.67. The van der Waals surface area contributed by atoms with Crippen molar-refractivity contribution in [2.24, 2.45) is 5.16 Å². The lowest BCUT2D eigenvalue weighted by Gasteiger charge is -2.03. The average molecular weight is 172 g/mol. The summed E-state index contributed by atoms with van der Waals surface area (Å²) in [5.41, 5.74) is 2.65. The highest BCUT2D eigenvalue weighted by molar-refractivity contribution is 5.21. The summed E-state index contributed by atoms with van der Waals surface area (Å²) < 4.78 is 0. The van der Waals surface area contributed by atoms with Crippen LogP contribution in [0.4, 0.5) is 0 Å². The van der Waals surface area contributed by atoms with Crippen LogP contribution in [0.1, 0.15) is 26.7 Å². The van der Waals surface area contributed by atoms with Crippen LogP contribution in [0.5, 0.6) is 0 Å². The largest absolute Gasteiger partial charge is 0.360 e. The third-order valence-electron chi connectivity index (χ3n) is 1.14. The molecule has 0 saturated carbocycles. The fourth-order valence-corrected chi connectivity index (χ4v) is 0.544. The minimum atomic E-state index is 0.676. The fourth-order valence-electron chi connectivity index (χ4n) is 0.544. The van der Waals surface area contributed by atoms with E-state index in [0.29, 0.717) is 12.4 Å². The third kappa shape index (κ3) is 5.73. The molecule has 70 valence electrons. The summed E-state index contributed by atoms with van der Waals surface area (Å²) in [5, 5.41) is 3.29. The Morgan fingerprint density at radius 1 is 1.58 bits per heavy atom. The van der Waals surface area contributed by atoms with Gasteiger partial charge in [-0.1, -0.05) is 19.0 Å². The van der Waals surface area contributed by atoms with Crippen LogP contribution in [0.25, 0.3) is 0 Å². The van der Waals surface area contributed by atoms with Gasteiger partial charge in [-0.15, -0.1) is 0 Å². The molecule has 1 N–H and O–H groups in total. The number of oxime groups is 1. The summed E-state index contributed by atoms with van der Waals surface area (Å²) in [6.07, 6.45) is 3.36. The number of nitrogens with one attached hydrogen (secondary N) is 1. The molecule has 0 atom stereocenters. The van der Waals surface area contributed by atoms with Gasteiger partial charge >= 0.3 is 0 Å². The van der Waals surface area contributed by atoms with Crippen molar-refractivity contribution in [1.29, 1.82) is 0 Å². The Balaban J connectivity index is 3.54. The molecule has 0 unspecified atom stereocenters. The SMILES string of the molecule is C=NO/C(=C/NOCCC)CC. The highest BCUT2D eigenvalue weighted by Crippen LogP contribution is 2.00. The quantitative estimate of drug-likeness (QED) is 0.275. The van der Waals surface area contributed by atoms with E-state index in [2.05, 4.69) is 17.4 Å². The zero-order valence-electron chi connectivity index (χ0n) is 7.67. The van der Waals surface area contributed by atoms with E-state index in [9.17, 15) is 0 Å². The number of hydroxylamine groups is 1. The van der Waals surface area contributed by atoms with E-state index in [0.717, 1.165) is 12.8 Å². The number of rotatable bonds is 7. The van der Waals surface area contributed by atoms with Crippen molar-refractivity contribution in [2.45, 2.75) is 26.7 Å². The first-order chi connectivity index (χ1) is 5.85. The number of nitrogens with zero attached hydrogens (tertiary/aromatic N) is 1. The molecule has 0 spiro atoms. The van der Waals surface area contributed by atoms with Crippen LogP contribution in [0.2, 0.25) is 0 Å². The molecule has 0 aromatic carbocycles. The molecule has 0 amide bonds. The molecule has 0 aromatic heterocycles. The van der Waals surface area contributed by atoms with Crippen LogP contribution in [-0.2, 0) is 9.68 Å². The fraction of sp³-hybridized carbons (Fsp3) is 0.625. The topological polar surface area (TPSA) is 42.8 Å². The molecular weight excluding hydrogens is 156 g/mol. The summed E-state index contributed by atoms with van der Waals surface area (Å²) in [6, 6.07) is 0. The standard InChI is InChI=1S/C8H16N2O2/c1-4-6-11-10-7-8(5-2)12-9-3/h7,10H,3-6H2,1-2H3/b8-7+. The molecule has 12 heavy (non-hydrogen) atoms. The van der Waals surface area contributed by atoms with Gasteiger partial charge in [-0.2, -0.15) is 0 Å². The molecule has 4 nitrogen and oxygen atoms in total. The molecule has 0 aliphatic carbocycles. The highest BCUT2D eigenvalue weighted by Gasteiger charge is 1.91. The molecule has 0 fully saturated rings. The first kappa shape index (κ1) is 11.0. The first-order valence-electron chi connectivity index (χ1n) is 4.04. The van der Waals surface area contributed by atoms with Crippen molar-refractivity contribution in [2.75, 3.05) is 6.61 Å². The first-order valence-corrected chi connectivity index (χ1v) is 4.04. The van der Waals surface area contributed by atoms with Crippen LogP contribution in [0.3, 0.4) is 0 Å². The van der Waals surface area contributed by atoms with Gasteiger partial charge in [0.2, 0.25) is 0 Å². The molecule has 0 aromatic rings. The smallest absolute Gasteiger partial charge is 0.152 e. The summed E-state index contributed by atoms with van der Waals surface area (Å²) in [4.78, 5) is 9.80. The lowest BCUT2D eigenvalue weighted by molar-refractivity contribution is 0.0670. The molecule has 0 saturated heterocycles. The minimum Gasteiger partial charge on any atom is -0.360 e. The third-order valence-corrected chi connectivity index (χ3v) is 1.14. The Labute approximate surface area is 73.2 Å². The van der Waals surface area contributed by atoms with Crippen molar-refractivity contribution in [3.63, 3.8) is 0 Å². The maximum Gasteiger partial charge on any atom is 0.152 e. The van der Waals surface area contributed by atoms with E-state index in [1.807, 2.05) is 13.8 Å². The number of allylic oxidation sites excluding steroid dienone is 1. The second-order valence-electron chi connectivity index (χ2n) is 2.15. The van der Waals surface area contributed by atoms with Crippen LogP contribution < -0.4 is 5.48 Å². The Morgan fingerprint density at radius 2 is 2.33 bits per heavy atom. The van der Waals surface area contributed by atoms with E-state index in [1.165, 1.54) is 0 Å². The van der Waals surface area contributed by atoms with E-state index >= 15 is 0 Å². The molecule has 0 heterocycles. The van der Waals surface area contributed by atoms with Gasteiger partial charge in [0.15, 0.2) is 5.76 Å². The maximum atomic E-state index is 4.99. The molecular formula is C8H16N2O2. The lowest BCUT2D eigenvalue weighted by atomic mass is 10.4. The Hall–Kier alpha value is -1.03. The number of hydrogen-bond acceptors (Lipinski definition) is 4. The monoisotopic (exact) mass is 172 g/mol. The van der Waals surface area contributed by atoms with Gasteiger partial charge in [-0.25, -0.2) is 0 Å². The second-order valence-corrected chi connectivity index (χ2v) is 2.15. The van der Waals surface area contributed by atoms with Crippen molar-refractivity contribution < 1.29 is 9.68 Å². The van der Waals surface area contributed by atoms with Crippen LogP contribution in [-0.4, -0.2) is 13.3 Å². The second kappa shape index (κ2) is 8.07. The van der Waals surface area contributed by atoms with Gasteiger partial charge in [-0.05, 0) is 6.42 Å². The Kier molecular flexibility index (Phi) is 7.38. The van der Waals surface area contributed by atoms with Gasteiger partial charge < -0.3 is 4.84 Å². The molecule has 0 radical (unpaired) electrons. The average Bonchev–Trinajstić information content (AvgIpc) is 2.10. The predicted molar refractivity (Wildman–Crippen MR) is 48.4 cm³/mol. The van der Waals surface area contributed by atoms with Gasteiger partial charge in [0, 0.05) is 13.1 Å². The minimum absolute atomic E-state index is 0.676. The Bertz CT molecular complexity index is 146. The summed E-state index contributed by atoms with van der Waals surface area (Å²) in [7, 11) is 0. The van der Waals surface area contributed by atoms with E-state index in [1.54, 1.807) is 6.20 Å². The maximum absolute atomic E-state index is 4.99. The van der Waals surface area contributed by atoms with Gasteiger partial charge in [0.05, 0.1) is 12.8 Å². The number of hydrogen-bond donors (Lipinski definition) is 1.